The minimum Gasteiger partial charge on any atom is -0.469 e. The van der Waals surface area contributed by atoms with Crippen LogP contribution in [0.2, 0.25) is 0 Å². The van der Waals surface area contributed by atoms with E-state index in [1.165, 1.54) is 6.26 Å². The Kier molecular flexibility index (Phi) is 2.95. The van der Waals surface area contributed by atoms with Crippen LogP contribution < -0.4 is 5.32 Å². The number of anilines is 1. The van der Waals surface area contributed by atoms with Gasteiger partial charge in [0.15, 0.2) is 11.4 Å². The Labute approximate surface area is 121 Å². The van der Waals surface area contributed by atoms with Crippen molar-refractivity contribution in [2.24, 2.45) is 0 Å². The number of rotatable bonds is 3. The van der Waals surface area contributed by atoms with Crippen LogP contribution in [0.4, 0.5) is 5.69 Å². The number of furan rings is 1. The van der Waals surface area contributed by atoms with Crippen molar-refractivity contribution in [2.45, 2.75) is 25.9 Å². The Morgan fingerprint density at radius 3 is 2.71 bits per heavy atom. The average molecular weight is 285 g/mol. The van der Waals surface area contributed by atoms with Gasteiger partial charge in [-0.05, 0) is 25.5 Å². The summed E-state index contributed by atoms with van der Waals surface area (Å²) < 4.78 is 5.21. The minimum absolute atomic E-state index is 0.308. The summed E-state index contributed by atoms with van der Waals surface area (Å²) >= 11 is 0. The molecule has 0 aliphatic carbocycles. The average Bonchev–Trinajstić information content (AvgIpc) is 2.89. The molecule has 0 fully saturated rings. The van der Waals surface area contributed by atoms with E-state index in [1.807, 2.05) is 0 Å². The Morgan fingerprint density at radius 1 is 1.33 bits per heavy atom. The number of aliphatic hydroxyl groups is 1. The summed E-state index contributed by atoms with van der Waals surface area (Å²) in [5, 5.41) is 13.3. The van der Waals surface area contributed by atoms with Crippen molar-refractivity contribution in [2.75, 3.05) is 5.32 Å². The van der Waals surface area contributed by atoms with Crippen LogP contribution >= 0.6 is 0 Å². The molecule has 21 heavy (non-hydrogen) atoms. The van der Waals surface area contributed by atoms with Gasteiger partial charge in [-0.3, -0.25) is 9.59 Å². The molecule has 1 aromatic carbocycles. The van der Waals surface area contributed by atoms with Gasteiger partial charge in [0, 0.05) is 11.3 Å². The number of para-hydroxylation sites is 1. The normalized spacial score (nSPS) is 20.2. The van der Waals surface area contributed by atoms with E-state index in [0.717, 1.165) is 0 Å². The second-order valence-electron chi connectivity index (χ2n) is 5.31. The van der Waals surface area contributed by atoms with E-state index in [2.05, 4.69) is 5.32 Å². The maximum atomic E-state index is 12.5. The summed E-state index contributed by atoms with van der Waals surface area (Å²) in [6, 6.07) is 6.83. The third-order valence-corrected chi connectivity index (χ3v) is 3.85. The van der Waals surface area contributed by atoms with Gasteiger partial charge in [-0.25, -0.2) is 0 Å². The molecular weight excluding hydrogens is 270 g/mol. The molecule has 1 aromatic heterocycles. The molecular formula is C16H15NO4. The molecule has 2 aromatic rings. The van der Waals surface area contributed by atoms with Crippen LogP contribution in [-0.4, -0.2) is 16.8 Å². The second-order valence-corrected chi connectivity index (χ2v) is 5.31. The lowest BCUT2D eigenvalue weighted by atomic mass is 9.87. The fraction of sp³-hybridized carbons (Fsp3) is 0.250. The van der Waals surface area contributed by atoms with E-state index in [9.17, 15) is 14.7 Å². The third kappa shape index (κ3) is 1.97. The van der Waals surface area contributed by atoms with Gasteiger partial charge < -0.3 is 14.8 Å². The maximum absolute atomic E-state index is 12.5. The quantitative estimate of drug-likeness (QED) is 0.848. The van der Waals surface area contributed by atoms with Crippen molar-refractivity contribution < 1.29 is 19.1 Å². The summed E-state index contributed by atoms with van der Waals surface area (Å²) in [6.45, 7) is 3.45. The number of carbonyl (C=O) groups is 2. The van der Waals surface area contributed by atoms with E-state index in [1.54, 1.807) is 38.1 Å². The first-order chi connectivity index (χ1) is 9.93. The SMILES string of the molecule is Cc1coc(C)c1C(=O)C[C@]1(O)C(=O)Nc2ccccc21. The van der Waals surface area contributed by atoms with Gasteiger partial charge in [0.25, 0.3) is 5.91 Å². The first kappa shape index (κ1) is 13.6. The molecule has 0 spiro atoms. The van der Waals surface area contributed by atoms with E-state index >= 15 is 0 Å². The molecule has 2 N–H and O–H groups in total. The van der Waals surface area contributed by atoms with E-state index in [-0.39, 0.29) is 12.2 Å². The number of fused-ring (bicyclic) bond motifs is 1. The van der Waals surface area contributed by atoms with Gasteiger partial charge in [0.05, 0.1) is 18.2 Å². The van der Waals surface area contributed by atoms with Gasteiger partial charge in [-0.1, -0.05) is 18.2 Å². The molecule has 0 radical (unpaired) electrons. The fourth-order valence-electron chi connectivity index (χ4n) is 2.79. The molecule has 1 atom stereocenters. The summed E-state index contributed by atoms with van der Waals surface area (Å²) in [6.07, 6.45) is 1.19. The van der Waals surface area contributed by atoms with Gasteiger partial charge in [0.1, 0.15) is 5.76 Å². The zero-order valence-corrected chi connectivity index (χ0v) is 11.8. The first-order valence-electron chi connectivity index (χ1n) is 6.64. The number of nitrogens with one attached hydrogen (secondary N) is 1. The summed E-state index contributed by atoms with van der Waals surface area (Å²) in [4.78, 5) is 24.6. The first-order valence-corrected chi connectivity index (χ1v) is 6.64. The molecule has 1 aliphatic rings. The zero-order valence-electron chi connectivity index (χ0n) is 11.8. The molecule has 0 saturated heterocycles. The van der Waals surface area contributed by atoms with Gasteiger partial charge in [-0.2, -0.15) is 0 Å². The number of hydrogen-bond acceptors (Lipinski definition) is 4. The zero-order chi connectivity index (χ0) is 15.2. The number of amides is 1. The highest BCUT2D eigenvalue weighted by Gasteiger charge is 2.47. The number of Topliss-reactive ketones (excluding diaryl/α,β-unsaturated/α-hetero) is 1. The van der Waals surface area contributed by atoms with Crippen LogP contribution in [0.15, 0.2) is 34.9 Å². The van der Waals surface area contributed by atoms with Crippen LogP contribution in [-0.2, 0) is 10.4 Å². The predicted molar refractivity (Wildman–Crippen MR) is 76.1 cm³/mol. The second kappa shape index (κ2) is 4.56. The molecule has 5 nitrogen and oxygen atoms in total. The van der Waals surface area contributed by atoms with E-state index in [4.69, 9.17) is 4.42 Å². The van der Waals surface area contributed by atoms with Crippen molar-refractivity contribution in [3.8, 4) is 0 Å². The van der Waals surface area contributed by atoms with Crippen LogP contribution in [0.5, 0.6) is 0 Å². The molecule has 1 amide bonds. The van der Waals surface area contributed by atoms with Gasteiger partial charge in [-0.15, -0.1) is 0 Å². The van der Waals surface area contributed by atoms with Gasteiger partial charge >= 0.3 is 0 Å². The van der Waals surface area contributed by atoms with Crippen molar-refractivity contribution in [1.82, 2.24) is 0 Å². The summed E-state index contributed by atoms with van der Waals surface area (Å²) in [5.74, 6) is -0.392. The Morgan fingerprint density at radius 2 is 2.05 bits per heavy atom. The summed E-state index contributed by atoms with van der Waals surface area (Å²) in [7, 11) is 0. The van der Waals surface area contributed by atoms with Crippen molar-refractivity contribution in [1.29, 1.82) is 0 Å². The van der Waals surface area contributed by atoms with Crippen LogP contribution in [0, 0.1) is 13.8 Å². The van der Waals surface area contributed by atoms with Crippen molar-refractivity contribution >= 4 is 17.4 Å². The number of hydrogen-bond donors (Lipinski definition) is 2. The molecule has 0 unspecified atom stereocenters. The topological polar surface area (TPSA) is 79.5 Å². The van der Waals surface area contributed by atoms with Crippen molar-refractivity contribution in [3.63, 3.8) is 0 Å². The van der Waals surface area contributed by atoms with E-state index < -0.39 is 11.5 Å². The highest BCUT2D eigenvalue weighted by atomic mass is 16.3. The third-order valence-electron chi connectivity index (χ3n) is 3.85. The molecule has 2 heterocycles. The van der Waals surface area contributed by atoms with Gasteiger partial charge in [0.2, 0.25) is 0 Å². The fourth-order valence-corrected chi connectivity index (χ4v) is 2.79. The maximum Gasteiger partial charge on any atom is 0.261 e. The van der Waals surface area contributed by atoms with Crippen LogP contribution in [0.1, 0.15) is 33.7 Å². The van der Waals surface area contributed by atoms with Crippen LogP contribution in [0.25, 0.3) is 0 Å². The predicted octanol–water partition coefficient (Wildman–Crippen LogP) is 2.31. The molecule has 3 rings (SSSR count). The van der Waals surface area contributed by atoms with Crippen LogP contribution in [0.3, 0.4) is 0 Å². The van der Waals surface area contributed by atoms with Crippen molar-refractivity contribution in [3.05, 3.63) is 53.0 Å². The molecule has 1 aliphatic heterocycles. The number of carbonyl (C=O) groups excluding carboxylic acids is 2. The lowest BCUT2D eigenvalue weighted by molar-refractivity contribution is -0.133. The number of aryl methyl sites for hydroxylation is 2. The molecule has 0 bridgehead atoms. The lowest BCUT2D eigenvalue weighted by Gasteiger charge is -2.19. The minimum atomic E-state index is -1.83. The largest absolute Gasteiger partial charge is 0.469 e. The molecule has 5 heteroatoms. The molecule has 108 valence electrons. The lowest BCUT2D eigenvalue weighted by Crippen LogP contribution is -2.36. The smallest absolute Gasteiger partial charge is 0.261 e. The number of benzene rings is 1. The van der Waals surface area contributed by atoms with E-state index in [0.29, 0.717) is 28.1 Å². The highest BCUT2D eigenvalue weighted by Crippen LogP contribution is 2.39. The highest BCUT2D eigenvalue weighted by molar-refractivity contribution is 6.09. The standard InChI is InChI=1S/C16H15NO4/c1-9-8-21-10(2)14(9)13(18)7-16(20)11-5-3-4-6-12(11)17-15(16)19/h3-6,8,20H,7H2,1-2H3,(H,17,19)/t16-/m1/s1. The molecule has 0 saturated carbocycles. The monoisotopic (exact) mass is 285 g/mol. The Bertz CT molecular complexity index is 727. The Balaban J connectivity index is 1.98. The number of ketones is 1. The summed E-state index contributed by atoms with van der Waals surface area (Å²) in [5.41, 5.74) is 0.276. The Hall–Kier alpha value is -2.40.